The second-order valence-electron chi connectivity index (χ2n) is 5.31. The van der Waals surface area contributed by atoms with Crippen LogP contribution in [-0.4, -0.2) is 29.9 Å². The molecule has 0 spiro atoms. The van der Waals surface area contributed by atoms with Crippen molar-refractivity contribution in [3.8, 4) is 0 Å². The lowest BCUT2D eigenvalue weighted by atomic mass is 10.1. The number of amides is 1. The lowest BCUT2D eigenvalue weighted by Crippen LogP contribution is -2.26. The fourth-order valence-electron chi connectivity index (χ4n) is 2.44. The number of benzene rings is 1. The van der Waals surface area contributed by atoms with Crippen molar-refractivity contribution in [1.29, 1.82) is 0 Å². The fourth-order valence-corrected chi connectivity index (χ4v) is 2.44. The van der Waals surface area contributed by atoms with Crippen LogP contribution >= 0.6 is 0 Å². The van der Waals surface area contributed by atoms with E-state index >= 15 is 0 Å². The molecule has 2 rings (SSSR count). The van der Waals surface area contributed by atoms with Crippen molar-refractivity contribution in [2.45, 2.75) is 32.1 Å². The van der Waals surface area contributed by atoms with Crippen molar-refractivity contribution in [3.05, 3.63) is 41.0 Å². The molecular weight excluding hydrogens is 266 g/mol. The zero-order chi connectivity index (χ0) is 15.1. The molecule has 21 heavy (non-hydrogen) atoms. The summed E-state index contributed by atoms with van der Waals surface area (Å²) in [6.45, 7) is 0.255. The van der Waals surface area contributed by atoms with Crippen LogP contribution in [0.2, 0.25) is 0 Å². The molecule has 1 aliphatic carbocycles. The normalized spacial score (nSPS) is 12.7. The predicted octanol–water partition coefficient (Wildman–Crippen LogP) is 1.86. The maximum atomic E-state index is 12.0. The molecule has 4 nitrogen and oxygen atoms in total. The smallest absolute Gasteiger partial charge is 0.247 e. The molecular formula is C17H21NO3. The van der Waals surface area contributed by atoms with Gasteiger partial charge in [0.15, 0.2) is 5.78 Å². The number of fused-ring (bicyclic) bond motifs is 1. The van der Waals surface area contributed by atoms with Crippen LogP contribution < -0.4 is 5.32 Å². The summed E-state index contributed by atoms with van der Waals surface area (Å²) in [6.07, 6.45) is 5.57. The standard InChI is InChI=1S/C17H21NO3/c19-12-16(20)8-2-1-5-9-18-17(21)15-10-13-6-3-4-7-14(13)11-15/h3-4,6-7,10,19H,1-2,5,8-9,11-12H2,(H,18,21). The van der Waals surface area contributed by atoms with E-state index in [1.165, 1.54) is 5.56 Å². The van der Waals surface area contributed by atoms with E-state index in [1.807, 2.05) is 30.3 Å². The number of carbonyl (C=O) groups is 2. The molecule has 0 aromatic heterocycles. The van der Waals surface area contributed by atoms with E-state index in [2.05, 4.69) is 5.32 Å². The number of rotatable bonds is 8. The zero-order valence-corrected chi connectivity index (χ0v) is 12.1. The average molecular weight is 287 g/mol. The first kappa shape index (κ1) is 15.4. The van der Waals surface area contributed by atoms with Crippen LogP contribution in [0.4, 0.5) is 0 Å². The van der Waals surface area contributed by atoms with Gasteiger partial charge >= 0.3 is 0 Å². The quantitative estimate of drug-likeness (QED) is 0.717. The van der Waals surface area contributed by atoms with Gasteiger partial charge in [-0.1, -0.05) is 30.7 Å². The Labute approximate surface area is 124 Å². The number of aliphatic hydroxyl groups is 1. The lowest BCUT2D eigenvalue weighted by molar-refractivity contribution is -0.122. The maximum absolute atomic E-state index is 12.0. The van der Waals surface area contributed by atoms with E-state index in [-0.39, 0.29) is 18.3 Å². The molecule has 112 valence electrons. The monoisotopic (exact) mass is 287 g/mol. The summed E-state index contributed by atoms with van der Waals surface area (Å²) in [5.41, 5.74) is 3.14. The van der Waals surface area contributed by atoms with Crippen molar-refractivity contribution in [3.63, 3.8) is 0 Å². The summed E-state index contributed by atoms with van der Waals surface area (Å²) in [5.74, 6) is -0.120. The molecule has 2 N–H and O–H groups in total. The first-order valence-corrected chi connectivity index (χ1v) is 7.40. The van der Waals surface area contributed by atoms with Gasteiger partial charge in [0.25, 0.3) is 0 Å². The molecule has 1 aromatic rings. The highest BCUT2D eigenvalue weighted by Crippen LogP contribution is 2.24. The number of hydrogen-bond acceptors (Lipinski definition) is 3. The van der Waals surface area contributed by atoms with Gasteiger partial charge in [-0.25, -0.2) is 0 Å². The molecule has 0 radical (unpaired) electrons. The van der Waals surface area contributed by atoms with Crippen LogP contribution in [0.5, 0.6) is 0 Å². The third kappa shape index (κ3) is 4.53. The summed E-state index contributed by atoms with van der Waals surface area (Å²) >= 11 is 0. The summed E-state index contributed by atoms with van der Waals surface area (Å²) in [5, 5.41) is 11.5. The highest BCUT2D eigenvalue weighted by molar-refractivity contribution is 6.00. The Kier molecular flexibility index (Phi) is 5.69. The second-order valence-corrected chi connectivity index (χ2v) is 5.31. The molecule has 0 unspecified atom stereocenters. The third-order valence-electron chi connectivity index (χ3n) is 3.65. The van der Waals surface area contributed by atoms with E-state index in [9.17, 15) is 9.59 Å². The van der Waals surface area contributed by atoms with Gasteiger partial charge in [0.05, 0.1) is 0 Å². The molecule has 1 aromatic carbocycles. The third-order valence-corrected chi connectivity index (χ3v) is 3.65. The average Bonchev–Trinajstić information content (AvgIpc) is 2.94. The minimum Gasteiger partial charge on any atom is -0.389 e. The Morgan fingerprint density at radius 2 is 1.95 bits per heavy atom. The van der Waals surface area contributed by atoms with Gasteiger partial charge in [-0.05, 0) is 30.0 Å². The highest BCUT2D eigenvalue weighted by Gasteiger charge is 2.17. The molecule has 0 atom stereocenters. The van der Waals surface area contributed by atoms with E-state index in [1.54, 1.807) is 0 Å². The number of nitrogens with one attached hydrogen (secondary N) is 1. The summed E-state index contributed by atoms with van der Waals surface area (Å²) < 4.78 is 0. The minimum absolute atomic E-state index is 0.00219. The first-order valence-electron chi connectivity index (χ1n) is 7.40. The van der Waals surface area contributed by atoms with Gasteiger partial charge in [0.2, 0.25) is 5.91 Å². The molecule has 1 aliphatic rings. The Morgan fingerprint density at radius 1 is 1.14 bits per heavy atom. The zero-order valence-electron chi connectivity index (χ0n) is 12.1. The molecule has 0 heterocycles. The van der Waals surface area contributed by atoms with Gasteiger partial charge in [0, 0.05) is 25.0 Å². The Bertz CT molecular complexity index is 549. The minimum atomic E-state index is -0.370. The van der Waals surface area contributed by atoms with Gasteiger partial charge in [-0.2, -0.15) is 0 Å². The van der Waals surface area contributed by atoms with Crippen molar-refractivity contribution in [2.24, 2.45) is 0 Å². The number of hydrogen-bond donors (Lipinski definition) is 2. The fraction of sp³-hybridized carbons (Fsp3) is 0.412. The largest absolute Gasteiger partial charge is 0.389 e. The predicted molar refractivity (Wildman–Crippen MR) is 81.7 cm³/mol. The summed E-state index contributed by atoms with van der Waals surface area (Å²) in [4.78, 5) is 22.9. The Hall–Kier alpha value is -1.94. The molecule has 0 bridgehead atoms. The van der Waals surface area contributed by atoms with Crippen LogP contribution in [0.3, 0.4) is 0 Å². The number of unbranched alkanes of at least 4 members (excludes halogenated alkanes) is 2. The van der Waals surface area contributed by atoms with Crippen LogP contribution in [0.1, 0.15) is 36.8 Å². The molecule has 0 fully saturated rings. The van der Waals surface area contributed by atoms with E-state index < -0.39 is 0 Å². The van der Waals surface area contributed by atoms with E-state index in [4.69, 9.17) is 5.11 Å². The number of carbonyl (C=O) groups excluding carboxylic acids is 2. The summed E-state index contributed by atoms with van der Waals surface area (Å²) in [7, 11) is 0. The van der Waals surface area contributed by atoms with E-state index in [0.717, 1.165) is 30.4 Å². The van der Waals surface area contributed by atoms with Crippen molar-refractivity contribution < 1.29 is 14.7 Å². The maximum Gasteiger partial charge on any atom is 0.247 e. The SMILES string of the molecule is O=C(CO)CCCCCNC(=O)C1=Cc2ccccc2C1. The number of Topliss-reactive ketones (excluding diaryl/α,β-unsaturated/α-hetero) is 1. The van der Waals surface area contributed by atoms with E-state index in [0.29, 0.717) is 19.4 Å². The van der Waals surface area contributed by atoms with Crippen molar-refractivity contribution >= 4 is 17.8 Å². The molecule has 0 saturated carbocycles. The van der Waals surface area contributed by atoms with Crippen LogP contribution in [0.15, 0.2) is 29.8 Å². The number of ketones is 1. The topological polar surface area (TPSA) is 66.4 Å². The summed E-state index contributed by atoms with van der Waals surface area (Å²) in [6, 6.07) is 8.03. The Balaban J connectivity index is 1.64. The van der Waals surface area contributed by atoms with Crippen molar-refractivity contribution in [2.75, 3.05) is 13.2 Å². The van der Waals surface area contributed by atoms with Gasteiger partial charge < -0.3 is 10.4 Å². The molecule has 1 amide bonds. The van der Waals surface area contributed by atoms with Crippen molar-refractivity contribution in [1.82, 2.24) is 5.32 Å². The van der Waals surface area contributed by atoms with Crippen LogP contribution in [0.25, 0.3) is 6.08 Å². The molecule has 4 heteroatoms. The first-order chi connectivity index (χ1) is 10.2. The lowest BCUT2D eigenvalue weighted by Gasteiger charge is -2.05. The highest BCUT2D eigenvalue weighted by atomic mass is 16.3. The Morgan fingerprint density at radius 3 is 2.71 bits per heavy atom. The van der Waals surface area contributed by atoms with Gasteiger partial charge in [0.1, 0.15) is 6.61 Å². The number of aliphatic hydroxyl groups excluding tert-OH is 1. The van der Waals surface area contributed by atoms with Crippen LogP contribution in [0, 0.1) is 0 Å². The second kappa shape index (κ2) is 7.74. The van der Waals surface area contributed by atoms with Gasteiger partial charge in [-0.3, -0.25) is 9.59 Å². The van der Waals surface area contributed by atoms with Gasteiger partial charge in [-0.15, -0.1) is 0 Å². The molecule has 0 aliphatic heterocycles. The molecule has 0 saturated heterocycles. The van der Waals surface area contributed by atoms with Crippen LogP contribution in [-0.2, 0) is 16.0 Å².